The first-order valence-corrected chi connectivity index (χ1v) is 18.7. The summed E-state index contributed by atoms with van der Waals surface area (Å²) in [5.74, 6) is 0.121. The molecule has 0 aliphatic heterocycles. The Balaban J connectivity index is 4.30. The van der Waals surface area contributed by atoms with Crippen molar-refractivity contribution in [3.63, 3.8) is 0 Å². The van der Waals surface area contributed by atoms with Crippen molar-refractivity contribution in [1.29, 1.82) is 0 Å². The summed E-state index contributed by atoms with van der Waals surface area (Å²) in [6.07, 6.45) is 37.6. The van der Waals surface area contributed by atoms with Gasteiger partial charge in [0.1, 0.15) is 12.0 Å². The molecule has 0 radical (unpaired) electrons. The van der Waals surface area contributed by atoms with E-state index >= 15 is 0 Å². The van der Waals surface area contributed by atoms with Gasteiger partial charge in [0.15, 0.2) is 0 Å². The molecule has 248 valence electrons. The van der Waals surface area contributed by atoms with Gasteiger partial charge in [0.05, 0.1) is 0 Å². The van der Waals surface area contributed by atoms with Gasteiger partial charge >= 0.3 is 11.9 Å². The Kier molecular flexibility index (Phi) is 33.1. The standard InChI is InChI=1S/C38H72O4/c1-4-7-10-13-16-19-22-23-26-29-32-36(42-38(40)34-31-28-25-21-18-15-12-9-6-3)35-41-37(39)33-30-27-24-20-17-14-11-8-5-2/h35H,4-34H2,1-3H3/b36-35-. The molecule has 4 nitrogen and oxygen atoms in total. The number of esters is 2. The molecule has 4 heteroatoms. The molecular weight excluding hydrogens is 520 g/mol. The van der Waals surface area contributed by atoms with Gasteiger partial charge in [-0.2, -0.15) is 0 Å². The van der Waals surface area contributed by atoms with Crippen LogP contribution in [0.15, 0.2) is 12.0 Å². The van der Waals surface area contributed by atoms with E-state index < -0.39 is 0 Å². The second-order valence-corrected chi connectivity index (χ2v) is 12.6. The van der Waals surface area contributed by atoms with E-state index in [-0.39, 0.29) is 11.9 Å². The number of carbonyl (C=O) groups excluding carboxylic acids is 2. The van der Waals surface area contributed by atoms with E-state index in [9.17, 15) is 9.59 Å². The summed E-state index contributed by atoms with van der Waals surface area (Å²) in [5, 5.41) is 0. The third kappa shape index (κ3) is 31.6. The molecule has 0 aliphatic carbocycles. The Morgan fingerprint density at radius 2 is 0.667 bits per heavy atom. The molecular formula is C38H72O4. The number of rotatable bonds is 33. The van der Waals surface area contributed by atoms with E-state index in [1.165, 1.54) is 148 Å². The van der Waals surface area contributed by atoms with Crippen molar-refractivity contribution < 1.29 is 19.1 Å². The van der Waals surface area contributed by atoms with E-state index in [1.54, 1.807) is 0 Å². The maximum atomic E-state index is 12.5. The fourth-order valence-corrected chi connectivity index (χ4v) is 5.47. The molecule has 0 aromatic rings. The van der Waals surface area contributed by atoms with Gasteiger partial charge in [-0.1, -0.05) is 181 Å². The Bertz CT molecular complexity index is 612. The zero-order valence-electron chi connectivity index (χ0n) is 28.6. The Morgan fingerprint density at radius 1 is 0.381 bits per heavy atom. The lowest BCUT2D eigenvalue weighted by Crippen LogP contribution is -2.07. The monoisotopic (exact) mass is 593 g/mol. The summed E-state index contributed by atoms with van der Waals surface area (Å²) in [5.41, 5.74) is 0. The number of carbonyl (C=O) groups is 2. The fourth-order valence-electron chi connectivity index (χ4n) is 5.47. The molecule has 0 spiro atoms. The van der Waals surface area contributed by atoms with Gasteiger partial charge in [-0.3, -0.25) is 9.59 Å². The summed E-state index contributed by atoms with van der Waals surface area (Å²) in [7, 11) is 0. The molecule has 0 saturated heterocycles. The number of hydrogen-bond acceptors (Lipinski definition) is 4. The van der Waals surface area contributed by atoms with Crippen LogP contribution in [0, 0.1) is 0 Å². The lowest BCUT2D eigenvalue weighted by molar-refractivity contribution is -0.142. The van der Waals surface area contributed by atoms with E-state index in [4.69, 9.17) is 9.47 Å². The molecule has 0 atom stereocenters. The van der Waals surface area contributed by atoms with Crippen LogP contribution in [0.25, 0.3) is 0 Å². The van der Waals surface area contributed by atoms with E-state index in [0.717, 1.165) is 38.5 Å². The Labute approximate surface area is 262 Å². The van der Waals surface area contributed by atoms with Gasteiger partial charge in [-0.15, -0.1) is 0 Å². The summed E-state index contributed by atoms with van der Waals surface area (Å²) in [6.45, 7) is 6.76. The second-order valence-electron chi connectivity index (χ2n) is 12.6. The number of ether oxygens (including phenoxy) is 2. The van der Waals surface area contributed by atoms with Crippen LogP contribution < -0.4 is 0 Å². The van der Waals surface area contributed by atoms with Crippen molar-refractivity contribution in [2.75, 3.05) is 0 Å². The molecule has 0 unspecified atom stereocenters. The first-order chi connectivity index (χ1) is 20.6. The highest BCUT2D eigenvalue weighted by atomic mass is 16.6. The van der Waals surface area contributed by atoms with Crippen LogP contribution >= 0.6 is 0 Å². The smallest absolute Gasteiger partial charge is 0.310 e. The minimum atomic E-state index is -0.214. The van der Waals surface area contributed by atoms with Crippen LogP contribution in [0.4, 0.5) is 0 Å². The molecule has 0 N–H and O–H groups in total. The highest BCUT2D eigenvalue weighted by Gasteiger charge is 2.10. The van der Waals surface area contributed by atoms with Crippen molar-refractivity contribution >= 4 is 11.9 Å². The molecule has 0 aromatic carbocycles. The lowest BCUT2D eigenvalue weighted by Gasteiger charge is -2.10. The molecule has 0 amide bonds. The second kappa shape index (κ2) is 34.2. The summed E-state index contributed by atoms with van der Waals surface area (Å²) in [4.78, 5) is 24.9. The zero-order valence-corrected chi connectivity index (χ0v) is 28.6. The molecule has 0 aromatic heterocycles. The predicted octanol–water partition coefficient (Wildman–Crippen LogP) is 13.1. The SMILES string of the molecule is CCCCCCCCCCCC/C(=C/OC(=O)CCCCCCCCCCC)OC(=O)CCCCCCCCCCC. The number of unbranched alkanes of at least 4 members (excludes halogenated alkanes) is 25. The van der Waals surface area contributed by atoms with Crippen molar-refractivity contribution in [3.8, 4) is 0 Å². The number of allylic oxidation sites excluding steroid dienone is 1. The van der Waals surface area contributed by atoms with Crippen molar-refractivity contribution in [2.24, 2.45) is 0 Å². The van der Waals surface area contributed by atoms with E-state index in [0.29, 0.717) is 25.0 Å². The summed E-state index contributed by atoms with van der Waals surface area (Å²) in [6, 6.07) is 0. The van der Waals surface area contributed by atoms with Gasteiger partial charge in [-0.25, -0.2) is 0 Å². The van der Waals surface area contributed by atoms with Gasteiger partial charge in [0, 0.05) is 19.3 Å². The largest absolute Gasteiger partial charge is 0.431 e. The maximum Gasteiger partial charge on any atom is 0.310 e. The molecule has 0 fully saturated rings. The van der Waals surface area contributed by atoms with Crippen LogP contribution in [-0.2, 0) is 19.1 Å². The van der Waals surface area contributed by atoms with Crippen molar-refractivity contribution in [1.82, 2.24) is 0 Å². The summed E-state index contributed by atoms with van der Waals surface area (Å²) < 4.78 is 11.1. The third-order valence-corrected chi connectivity index (χ3v) is 8.31. The van der Waals surface area contributed by atoms with Crippen LogP contribution in [0.1, 0.15) is 220 Å². The van der Waals surface area contributed by atoms with Gasteiger partial charge in [0.2, 0.25) is 0 Å². The quantitative estimate of drug-likeness (QED) is 0.0432. The first-order valence-electron chi connectivity index (χ1n) is 18.7. The average molecular weight is 593 g/mol. The van der Waals surface area contributed by atoms with Crippen LogP contribution in [0.3, 0.4) is 0 Å². The normalized spacial score (nSPS) is 11.6. The minimum absolute atomic E-state index is 0.189. The average Bonchev–Trinajstić information content (AvgIpc) is 2.99. The van der Waals surface area contributed by atoms with Crippen LogP contribution in [0.5, 0.6) is 0 Å². The van der Waals surface area contributed by atoms with E-state index in [1.807, 2.05) is 0 Å². The molecule has 42 heavy (non-hydrogen) atoms. The van der Waals surface area contributed by atoms with Crippen molar-refractivity contribution in [2.45, 2.75) is 220 Å². The topological polar surface area (TPSA) is 52.6 Å². The molecule has 0 heterocycles. The minimum Gasteiger partial charge on any atom is -0.431 e. The van der Waals surface area contributed by atoms with Gasteiger partial charge in [0.25, 0.3) is 0 Å². The van der Waals surface area contributed by atoms with Crippen LogP contribution in [-0.4, -0.2) is 11.9 Å². The Morgan fingerprint density at radius 3 is 1.02 bits per heavy atom. The van der Waals surface area contributed by atoms with Gasteiger partial charge < -0.3 is 9.47 Å². The first kappa shape index (κ1) is 40.7. The predicted molar refractivity (Wildman–Crippen MR) is 180 cm³/mol. The lowest BCUT2D eigenvalue weighted by atomic mass is 10.1. The molecule has 0 aliphatic rings. The van der Waals surface area contributed by atoms with Crippen LogP contribution in [0.2, 0.25) is 0 Å². The molecule has 0 rings (SSSR count). The molecule has 0 saturated carbocycles. The number of hydrogen-bond donors (Lipinski definition) is 0. The highest BCUT2D eigenvalue weighted by molar-refractivity contribution is 5.71. The summed E-state index contributed by atoms with van der Waals surface area (Å²) >= 11 is 0. The molecule has 0 bridgehead atoms. The highest BCUT2D eigenvalue weighted by Crippen LogP contribution is 2.17. The van der Waals surface area contributed by atoms with Crippen molar-refractivity contribution in [3.05, 3.63) is 12.0 Å². The Hall–Kier alpha value is -1.32. The van der Waals surface area contributed by atoms with Gasteiger partial charge in [-0.05, 0) is 19.3 Å². The fraction of sp³-hybridized carbons (Fsp3) is 0.895. The zero-order chi connectivity index (χ0) is 30.8. The van der Waals surface area contributed by atoms with E-state index in [2.05, 4.69) is 20.8 Å². The third-order valence-electron chi connectivity index (χ3n) is 8.31. The maximum absolute atomic E-state index is 12.5.